The van der Waals surface area contributed by atoms with Gasteiger partial charge in [0.1, 0.15) is 25.1 Å². The third kappa shape index (κ3) is 8.12. The van der Waals surface area contributed by atoms with Crippen LogP contribution in [-0.2, 0) is 11.3 Å². The summed E-state index contributed by atoms with van der Waals surface area (Å²) < 4.78 is 16.5. The lowest BCUT2D eigenvalue weighted by Gasteiger charge is -2.26. The average molecular weight is 423 g/mol. The molecule has 2 N–H and O–H groups in total. The molecular formula is C20H27ClN4O4. The van der Waals surface area contributed by atoms with Crippen molar-refractivity contribution in [2.24, 2.45) is 0 Å². The fourth-order valence-electron chi connectivity index (χ4n) is 2.84. The van der Waals surface area contributed by atoms with E-state index in [1.807, 2.05) is 12.1 Å². The first-order valence-electron chi connectivity index (χ1n) is 9.72. The third-order valence-electron chi connectivity index (χ3n) is 4.39. The van der Waals surface area contributed by atoms with E-state index in [9.17, 15) is 5.11 Å². The van der Waals surface area contributed by atoms with Crippen molar-refractivity contribution in [2.75, 3.05) is 52.6 Å². The van der Waals surface area contributed by atoms with Crippen LogP contribution in [0.25, 0.3) is 0 Å². The van der Waals surface area contributed by atoms with Gasteiger partial charge in [-0.1, -0.05) is 23.7 Å². The van der Waals surface area contributed by atoms with Crippen LogP contribution < -0.4 is 14.8 Å². The average Bonchev–Trinajstić information content (AvgIpc) is 2.75. The quantitative estimate of drug-likeness (QED) is 0.525. The summed E-state index contributed by atoms with van der Waals surface area (Å²) in [5, 5.41) is 20.8. The van der Waals surface area contributed by atoms with Crippen LogP contribution in [0.2, 0.25) is 5.15 Å². The summed E-state index contributed by atoms with van der Waals surface area (Å²) in [5.74, 6) is 1.16. The molecule has 9 heteroatoms. The highest BCUT2D eigenvalue weighted by Gasteiger charge is 2.10. The fourth-order valence-corrected chi connectivity index (χ4v) is 2.94. The molecule has 1 unspecified atom stereocenters. The first-order valence-corrected chi connectivity index (χ1v) is 10.1. The van der Waals surface area contributed by atoms with E-state index in [-0.39, 0.29) is 6.61 Å². The molecule has 0 bridgehead atoms. The van der Waals surface area contributed by atoms with Gasteiger partial charge >= 0.3 is 0 Å². The highest BCUT2D eigenvalue weighted by atomic mass is 35.5. The molecule has 1 aromatic heterocycles. The molecule has 2 aromatic rings. The molecule has 0 amide bonds. The van der Waals surface area contributed by atoms with E-state index >= 15 is 0 Å². The van der Waals surface area contributed by atoms with Gasteiger partial charge in [0.2, 0.25) is 5.88 Å². The number of ether oxygens (including phenoxy) is 3. The first kappa shape index (κ1) is 21.7. The van der Waals surface area contributed by atoms with Crippen LogP contribution >= 0.6 is 11.6 Å². The van der Waals surface area contributed by atoms with Crippen LogP contribution in [0.4, 0.5) is 0 Å². The first-order chi connectivity index (χ1) is 14.2. The fraction of sp³-hybridized carbons (Fsp3) is 0.500. The Morgan fingerprint density at radius 1 is 1.10 bits per heavy atom. The number of halogens is 1. The number of aliphatic hydroxyl groups excluding tert-OH is 1. The molecule has 1 aromatic carbocycles. The summed E-state index contributed by atoms with van der Waals surface area (Å²) >= 11 is 5.66. The Morgan fingerprint density at radius 2 is 1.90 bits per heavy atom. The molecule has 0 radical (unpaired) electrons. The smallest absolute Gasteiger partial charge is 0.233 e. The van der Waals surface area contributed by atoms with Gasteiger partial charge in [-0.05, 0) is 23.8 Å². The van der Waals surface area contributed by atoms with Gasteiger partial charge < -0.3 is 24.6 Å². The van der Waals surface area contributed by atoms with Crippen LogP contribution in [0.15, 0.2) is 36.4 Å². The standard InChI is InChI=1S/C20H27ClN4O4/c21-19-5-6-20(24-23-19)29-15-17(26)13-22-7-10-28-18-3-1-16(2-4-18)14-25-8-11-27-12-9-25/h1-6,17,22,26H,7-15H2. The van der Waals surface area contributed by atoms with Crippen molar-refractivity contribution >= 4 is 11.6 Å². The van der Waals surface area contributed by atoms with E-state index < -0.39 is 6.10 Å². The van der Waals surface area contributed by atoms with E-state index in [4.69, 9.17) is 25.8 Å². The molecular weight excluding hydrogens is 396 g/mol. The number of morpholine rings is 1. The maximum absolute atomic E-state index is 9.93. The lowest BCUT2D eigenvalue weighted by Crippen LogP contribution is -2.35. The Hall–Kier alpha value is -1.97. The molecule has 0 saturated carbocycles. The number of hydrogen-bond donors (Lipinski definition) is 2. The Balaban J connectivity index is 1.25. The molecule has 1 fully saturated rings. The molecule has 0 aliphatic carbocycles. The SMILES string of the molecule is OC(CNCCOc1ccc(CN2CCOCC2)cc1)COc1ccc(Cl)nn1. The van der Waals surface area contributed by atoms with E-state index in [1.54, 1.807) is 12.1 Å². The number of benzene rings is 1. The summed E-state index contributed by atoms with van der Waals surface area (Å²) in [5.41, 5.74) is 1.27. The molecule has 8 nitrogen and oxygen atoms in total. The van der Waals surface area contributed by atoms with E-state index in [0.717, 1.165) is 38.6 Å². The molecule has 1 aliphatic rings. The summed E-state index contributed by atoms with van der Waals surface area (Å²) in [7, 11) is 0. The van der Waals surface area contributed by atoms with Gasteiger partial charge in [0.05, 0.1) is 13.2 Å². The summed E-state index contributed by atoms with van der Waals surface area (Å²) in [4.78, 5) is 2.39. The highest BCUT2D eigenvalue weighted by Crippen LogP contribution is 2.14. The lowest BCUT2D eigenvalue weighted by atomic mass is 10.2. The van der Waals surface area contributed by atoms with Gasteiger partial charge in [0.15, 0.2) is 5.15 Å². The van der Waals surface area contributed by atoms with Gasteiger partial charge in [-0.15, -0.1) is 10.2 Å². The zero-order chi connectivity index (χ0) is 20.3. The molecule has 0 spiro atoms. The maximum atomic E-state index is 9.93. The lowest BCUT2D eigenvalue weighted by molar-refractivity contribution is 0.0342. The van der Waals surface area contributed by atoms with Crippen molar-refractivity contribution in [3.63, 3.8) is 0 Å². The second-order valence-electron chi connectivity index (χ2n) is 6.74. The number of aliphatic hydroxyl groups is 1. The second-order valence-corrected chi connectivity index (χ2v) is 7.13. The van der Waals surface area contributed by atoms with Crippen molar-refractivity contribution in [3.8, 4) is 11.6 Å². The van der Waals surface area contributed by atoms with Gasteiger partial charge in [-0.25, -0.2) is 0 Å². The maximum Gasteiger partial charge on any atom is 0.233 e. The number of hydrogen-bond acceptors (Lipinski definition) is 8. The van der Waals surface area contributed by atoms with Crippen molar-refractivity contribution in [2.45, 2.75) is 12.6 Å². The monoisotopic (exact) mass is 422 g/mol. The van der Waals surface area contributed by atoms with Gasteiger partial charge in [-0.2, -0.15) is 0 Å². The molecule has 3 rings (SSSR count). The Morgan fingerprint density at radius 3 is 2.62 bits per heavy atom. The van der Waals surface area contributed by atoms with Gasteiger partial charge in [0.25, 0.3) is 0 Å². The minimum atomic E-state index is -0.660. The number of rotatable bonds is 11. The summed E-state index contributed by atoms with van der Waals surface area (Å²) in [6.07, 6.45) is -0.660. The molecule has 1 saturated heterocycles. The molecule has 29 heavy (non-hydrogen) atoms. The Labute approximate surface area is 175 Å². The molecule has 1 atom stereocenters. The minimum Gasteiger partial charge on any atom is -0.492 e. The molecule has 158 valence electrons. The Kier molecular flexibility index (Phi) is 8.91. The van der Waals surface area contributed by atoms with Crippen LogP contribution in [0, 0.1) is 0 Å². The van der Waals surface area contributed by atoms with Crippen molar-refractivity contribution in [1.29, 1.82) is 0 Å². The number of nitrogens with zero attached hydrogens (tertiary/aromatic N) is 3. The zero-order valence-corrected chi connectivity index (χ0v) is 17.1. The minimum absolute atomic E-state index is 0.120. The number of nitrogens with one attached hydrogen (secondary N) is 1. The van der Waals surface area contributed by atoms with Gasteiger partial charge in [0, 0.05) is 38.8 Å². The van der Waals surface area contributed by atoms with Crippen LogP contribution in [0.1, 0.15) is 5.56 Å². The summed E-state index contributed by atoms with van der Waals surface area (Å²) in [6.45, 7) is 6.16. The summed E-state index contributed by atoms with van der Waals surface area (Å²) in [6, 6.07) is 11.4. The van der Waals surface area contributed by atoms with E-state index in [2.05, 4.69) is 32.5 Å². The predicted octanol–water partition coefficient (Wildman–Crippen LogP) is 1.37. The highest BCUT2D eigenvalue weighted by molar-refractivity contribution is 6.29. The van der Waals surface area contributed by atoms with Crippen LogP contribution in [0.5, 0.6) is 11.6 Å². The Bertz CT molecular complexity index is 711. The predicted molar refractivity (Wildman–Crippen MR) is 109 cm³/mol. The molecule has 1 aliphatic heterocycles. The number of aromatic nitrogens is 2. The van der Waals surface area contributed by atoms with Crippen LogP contribution in [0.3, 0.4) is 0 Å². The largest absolute Gasteiger partial charge is 0.492 e. The van der Waals surface area contributed by atoms with Crippen molar-refractivity contribution in [1.82, 2.24) is 20.4 Å². The van der Waals surface area contributed by atoms with Crippen molar-refractivity contribution < 1.29 is 19.3 Å². The van der Waals surface area contributed by atoms with Crippen molar-refractivity contribution in [3.05, 3.63) is 47.1 Å². The molecule has 2 heterocycles. The third-order valence-corrected chi connectivity index (χ3v) is 4.59. The van der Waals surface area contributed by atoms with E-state index in [0.29, 0.717) is 30.7 Å². The zero-order valence-electron chi connectivity index (χ0n) is 16.3. The van der Waals surface area contributed by atoms with E-state index in [1.165, 1.54) is 5.56 Å². The van der Waals surface area contributed by atoms with Gasteiger partial charge in [-0.3, -0.25) is 4.90 Å². The second kappa shape index (κ2) is 11.9. The normalized spacial score (nSPS) is 15.8. The van der Waals surface area contributed by atoms with Crippen LogP contribution in [-0.4, -0.2) is 78.9 Å². The topological polar surface area (TPSA) is 89.0 Å².